The lowest BCUT2D eigenvalue weighted by molar-refractivity contribution is -0.00364. The molecule has 0 aromatic carbocycles. The normalized spacial score (nSPS) is 11.5. The molecular formula is C12H21N3O2. The number of aryl methyl sites for hydroxylation is 1. The molecule has 1 aromatic heterocycles. The molecule has 0 aliphatic carbocycles. The van der Waals surface area contributed by atoms with Crippen LogP contribution >= 0.6 is 0 Å². The Morgan fingerprint density at radius 2 is 2.24 bits per heavy atom. The van der Waals surface area contributed by atoms with E-state index in [-0.39, 0.29) is 11.5 Å². The van der Waals surface area contributed by atoms with Gasteiger partial charge in [0.15, 0.2) is 0 Å². The highest BCUT2D eigenvalue weighted by atomic mass is 16.5. The van der Waals surface area contributed by atoms with Crippen LogP contribution in [0.3, 0.4) is 0 Å². The van der Waals surface area contributed by atoms with Crippen LogP contribution in [0.2, 0.25) is 0 Å². The van der Waals surface area contributed by atoms with Crippen LogP contribution in [-0.4, -0.2) is 34.9 Å². The number of carbonyl (C=O) groups excluding carboxylic acids is 1. The highest BCUT2D eigenvalue weighted by molar-refractivity contribution is 5.92. The molecular weight excluding hydrogens is 218 g/mol. The van der Waals surface area contributed by atoms with Gasteiger partial charge >= 0.3 is 0 Å². The summed E-state index contributed by atoms with van der Waals surface area (Å²) < 4.78 is 5.55. The van der Waals surface area contributed by atoms with E-state index in [0.717, 1.165) is 12.1 Å². The van der Waals surface area contributed by atoms with Crippen molar-refractivity contribution in [1.29, 1.82) is 0 Å². The predicted octanol–water partition coefficient (Wildman–Crippen LogP) is 1.65. The predicted molar refractivity (Wildman–Crippen MR) is 66.0 cm³/mol. The molecule has 0 fully saturated rings. The van der Waals surface area contributed by atoms with Crippen molar-refractivity contribution in [1.82, 2.24) is 15.5 Å². The summed E-state index contributed by atoms with van der Waals surface area (Å²) in [4.78, 5) is 11.6. The molecule has 0 aliphatic rings. The number of carbonyl (C=O) groups is 1. The minimum atomic E-state index is -0.148. The van der Waals surface area contributed by atoms with Gasteiger partial charge in [0.1, 0.15) is 5.69 Å². The molecule has 1 aromatic rings. The topological polar surface area (TPSA) is 67.0 Å². The lowest BCUT2D eigenvalue weighted by atomic mass is 10.2. The maximum atomic E-state index is 11.6. The van der Waals surface area contributed by atoms with Gasteiger partial charge in [-0.15, -0.1) is 0 Å². The maximum Gasteiger partial charge on any atom is 0.271 e. The number of H-pyrrole nitrogens is 1. The fourth-order valence-electron chi connectivity index (χ4n) is 1.28. The second-order valence-corrected chi connectivity index (χ2v) is 5.01. The van der Waals surface area contributed by atoms with E-state index in [9.17, 15) is 4.79 Å². The van der Waals surface area contributed by atoms with Gasteiger partial charge in [-0.1, -0.05) is 0 Å². The second-order valence-electron chi connectivity index (χ2n) is 5.01. The van der Waals surface area contributed by atoms with Gasteiger partial charge in [-0.05, 0) is 40.2 Å². The SMILES string of the molecule is Cc1cc(C(=O)NCCCOC(C)(C)C)n[nH]1. The number of aromatic nitrogens is 2. The van der Waals surface area contributed by atoms with Crippen LogP contribution in [0.1, 0.15) is 43.4 Å². The van der Waals surface area contributed by atoms with E-state index in [1.165, 1.54) is 0 Å². The van der Waals surface area contributed by atoms with Crippen LogP contribution in [-0.2, 0) is 4.74 Å². The summed E-state index contributed by atoms with van der Waals surface area (Å²) in [7, 11) is 0. The average Bonchev–Trinajstić information content (AvgIpc) is 2.62. The first-order chi connectivity index (χ1) is 7.88. The molecule has 0 unspecified atom stereocenters. The quantitative estimate of drug-likeness (QED) is 0.768. The largest absolute Gasteiger partial charge is 0.376 e. The highest BCUT2D eigenvalue weighted by Crippen LogP contribution is 2.06. The zero-order valence-electron chi connectivity index (χ0n) is 11.0. The summed E-state index contributed by atoms with van der Waals surface area (Å²) in [5.41, 5.74) is 1.19. The summed E-state index contributed by atoms with van der Waals surface area (Å²) >= 11 is 0. The zero-order valence-corrected chi connectivity index (χ0v) is 11.0. The van der Waals surface area contributed by atoms with E-state index in [1.54, 1.807) is 6.07 Å². The molecule has 0 bridgehead atoms. The van der Waals surface area contributed by atoms with Crippen LogP contribution in [0, 0.1) is 6.92 Å². The molecule has 0 radical (unpaired) electrons. The molecule has 2 N–H and O–H groups in total. The van der Waals surface area contributed by atoms with E-state index < -0.39 is 0 Å². The van der Waals surface area contributed by atoms with Crippen LogP contribution in [0.4, 0.5) is 0 Å². The monoisotopic (exact) mass is 239 g/mol. The van der Waals surface area contributed by atoms with E-state index in [1.807, 2.05) is 27.7 Å². The lowest BCUT2D eigenvalue weighted by Gasteiger charge is -2.19. The summed E-state index contributed by atoms with van der Waals surface area (Å²) in [6.45, 7) is 9.14. The average molecular weight is 239 g/mol. The molecule has 5 nitrogen and oxygen atoms in total. The fraction of sp³-hybridized carbons (Fsp3) is 0.667. The van der Waals surface area contributed by atoms with Crippen molar-refractivity contribution in [3.8, 4) is 0 Å². The van der Waals surface area contributed by atoms with Crippen molar-refractivity contribution in [2.24, 2.45) is 0 Å². The van der Waals surface area contributed by atoms with Gasteiger partial charge in [0.25, 0.3) is 5.91 Å². The van der Waals surface area contributed by atoms with Crippen molar-refractivity contribution in [3.63, 3.8) is 0 Å². The fourth-order valence-corrected chi connectivity index (χ4v) is 1.28. The van der Waals surface area contributed by atoms with Crippen molar-refractivity contribution >= 4 is 5.91 Å². The van der Waals surface area contributed by atoms with Crippen LogP contribution in [0.25, 0.3) is 0 Å². The Morgan fingerprint density at radius 3 is 2.76 bits per heavy atom. The standard InChI is InChI=1S/C12H21N3O2/c1-9-8-10(15-14-9)11(16)13-6-5-7-17-12(2,3)4/h8H,5-7H2,1-4H3,(H,13,16)(H,14,15). The summed E-state index contributed by atoms with van der Waals surface area (Å²) in [6, 6.07) is 1.72. The molecule has 5 heteroatoms. The Balaban J connectivity index is 2.17. The third kappa shape index (κ3) is 5.49. The minimum Gasteiger partial charge on any atom is -0.376 e. The number of nitrogens with one attached hydrogen (secondary N) is 2. The van der Waals surface area contributed by atoms with Gasteiger partial charge < -0.3 is 10.1 Å². The summed E-state index contributed by atoms with van der Waals surface area (Å²) in [6.07, 6.45) is 0.798. The van der Waals surface area contributed by atoms with Gasteiger partial charge in [-0.3, -0.25) is 9.89 Å². The molecule has 1 heterocycles. The van der Waals surface area contributed by atoms with Crippen molar-refractivity contribution in [2.45, 2.75) is 39.7 Å². The summed E-state index contributed by atoms with van der Waals surface area (Å²) in [5.74, 6) is -0.148. The summed E-state index contributed by atoms with van der Waals surface area (Å²) in [5, 5.41) is 9.42. The molecule has 17 heavy (non-hydrogen) atoms. The van der Waals surface area contributed by atoms with Crippen LogP contribution in [0.15, 0.2) is 6.07 Å². The van der Waals surface area contributed by atoms with E-state index in [4.69, 9.17) is 4.74 Å². The Kier molecular flexibility index (Phi) is 4.69. The Labute approximate surface area is 102 Å². The number of nitrogens with zero attached hydrogens (tertiary/aromatic N) is 1. The van der Waals surface area contributed by atoms with Crippen molar-refractivity contribution in [3.05, 3.63) is 17.5 Å². The first-order valence-electron chi connectivity index (χ1n) is 5.83. The minimum absolute atomic E-state index is 0.122. The second kappa shape index (κ2) is 5.82. The molecule has 0 aliphatic heterocycles. The van der Waals surface area contributed by atoms with Crippen molar-refractivity contribution in [2.75, 3.05) is 13.2 Å². The van der Waals surface area contributed by atoms with Gasteiger partial charge in [0.05, 0.1) is 5.60 Å². The zero-order chi connectivity index (χ0) is 12.9. The first kappa shape index (κ1) is 13.7. The van der Waals surface area contributed by atoms with Gasteiger partial charge in [-0.25, -0.2) is 0 Å². The molecule has 1 rings (SSSR count). The molecule has 0 atom stereocenters. The Morgan fingerprint density at radius 1 is 1.53 bits per heavy atom. The number of aromatic amines is 1. The Hall–Kier alpha value is -1.36. The number of rotatable bonds is 5. The van der Waals surface area contributed by atoms with Crippen molar-refractivity contribution < 1.29 is 9.53 Å². The third-order valence-corrected chi connectivity index (χ3v) is 2.08. The third-order valence-electron chi connectivity index (χ3n) is 2.08. The van der Waals surface area contributed by atoms with E-state index in [2.05, 4.69) is 15.5 Å². The smallest absolute Gasteiger partial charge is 0.271 e. The molecule has 1 amide bonds. The van der Waals surface area contributed by atoms with Gasteiger partial charge in [0, 0.05) is 18.8 Å². The van der Waals surface area contributed by atoms with Crippen LogP contribution < -0.4 is 5.32 Å². The maximum absolute atomic E-state index is 11.6. The first-order valence-corrected chi connectivity index (χ1v) is 5.83. The molecule has 0 saturated heterocycles. The van der Waals surface area contributed by atoms with Crippen LogP contribution in [0.5, 0.6) is 0 Å². The van der Waals surface area contributed by atoms with Gasteiger partial charge in [-0.2, -0.15) is 5.10 Å². The molecule has 0 spiro atoms. The molecule has 0 saturated carbocycles. The molecule has 96 valence electrons. The Bertz CT molecular complexity index is 366. The number of ether oxygens (including phenoxy) is 1. The number of amides is 1. The highest BCUT2D eigenvalue weighted by Gasteiger charge is 2.10. The van der Waals surface area contributed by atoms with E-state index in [0.29, 0.717) is 18.8 Å². The van der Waals surface area contributed by atoms with E-state index >= 15 is 0 Å². The van der Waals surface area contributed by atoms with Gasteiger partial charge in [0.2, 0.25) is 0 Å². The lowest BCUT2D eigenvalue weighted by Crippen LogP contribution is -2.27. The number of hydrogen-bond acceptors (Lipinski definition) is 3. The number of hydrogen-bond donors (Lipinski definition) is 2.